The van der Waals surface area contributed by atoms with E-state index in [1.165, 1.54) is 30.6 Å². The maximum atomic E-state index is 12.6. The third kappa shape index (κ3) is 5.76. The predicted octanol–water partition coefficient (Wildman–Crippen LogP) is 3.48. The molecule has 26 heavy (non-hydrogen) atoms. The van der Waals surface area contributed by atoms with Gasteiger partial charge in [0.2, 0.25) is 0 Å². The zero-order chi connectivity index (χ0) is 18.9. The van der Waals surface area contributed by atoms with E-state index < -0.39 is 0 Å². The number of carbonyl (C=O) groups excluding carboxylic acids is 1. The van der Waals surface area contributed by atoms with E-state index in [1.807, 2.05) is 24.4 Å². The van der Waals surface area contributed by atoms with Gasteiger partial charge >= 0.3 is 0 Å². The summed E-state index contributed by atoms with van der Waals surface area (Å²) in [6.07, 6.45) is 4.67. The number of aromatic nitrogens is 3. The molecular formula is C18H28N6OS. The quantitative estimate of drug-likeness (QED) is 0.231. The van der Waals surface area contributed by atoms with Crippen LogP contribution < -0.4 is 16.6 Å². The Morgan fingerprint density at radius 2 is 2.19 bits per heavy atom. The number of rotatable bonds is 9. The van der Waals surface area contributed by atoms with E-state index >= 15 is 0 Å². The van der Waals surface area contributed by atoms with Crippen molar-refractivity contribution in [1.29, 1.82) is 0 Å². The number of nitrogens with two attached hydrogens (primary N) is 1. The number of nitrogen functional groups attached to an aromatic ring is 1. The number of nitrogens with one attached hydrogen (secondary N) is 3. The van der Waals surface area contributed by atoms with Crippen molar-refractivity contribution in [2.75, 3.05) is 12.0 Å². The molecule has 0 aliphatic rings. The van der Waals surface area contributed by atoms with Crippen molar-refractivity contribution >= 4 is 33.2 Å². The molecule has 0 saturated heterocycles. The predicted molar refractivity (Wildman–Crippen MR) is 108 cm³/mol. The number of hydrogen-bond donors (Lipinski definition) is 4. The minimum absolute atomic E-state index is 0.0331. The number of unbranched alkanes of at least 4 members (excludes halogenated alkanes) is 2. The van der Waals surface area contributed by atoms with E-state index in [0.717, 1.165) is 23.0 Å². The lowest BCUT2D eigenvalue weighted by Crippen LogP contribution is -2.31. The largest absolute Gasteiger partial charge is 0.307 e. The van der Waals surface area contributed by atoms with Gasteiger partial charge in [0.25, 0.3) is 0 Å². The molecule has 0 saturated carbocycles. The monoisotopic (exact) mass is 376 g/mol. The van der Waals surface area contributed by atoms with Crippen molar-refractivity contribution < 1.29 is 4.79 Å². The van der Waals surface area contributed by atoms with Crippen LogP contribution in [0, 0.1) is 6.92 Å². The van der Waals surface area contributed by atoms with Crippen molar-refractivity contribution in [2.45, 2.75) is 52.5 Å². The zero-order valence-electron chi connectivity index (χ0n) is 15.6. The summed E-state index contributed by atoms with van der Waals surface area (Å²) in [5.74, 6) is 5.47. The lowest BCUT2D eigenvalue weighted by atomic mass is 10.1. The van der Waals surface area contributed by atoms with Crippen LogP contribution in [0.2, 0.25) is 0 Å². The average molecular weight is 377 g/mol. The number of ketones is 1. The van der Waals surface area contributed by atoms with E-state index in [1.54, 1.807) is 0 Å². The minimum Gasteiger partial charge on any atom is -0.307 e. The molecule has 2 rings (SSSR count). The fraction of sp³-hybridized carbons (Fsp3) is 0.500. The summed E-state index contributed by atoms with van der Waals surface area (Å²) in [6, 6.07) is 4.04. The lowest BCUT2D eigenvalue weighted by molar-refractivity contribution is 0.0984. The summed E-state index contributed by atoms with van der Waals surface area (Å²) >= 11 is 1.33. The number of H-pyrrole nitrogens is 1. The van der Waals surface area contributed by atoms with E-state index in [4.69, 9.17) is 5.84 Å². The van der Waals surface area contributed by atoms with E-state index in [2.05, 4.69) is 39.8 Å². The third-order valence-electron chi connectivity index (χ3n) is 4.13. The Balaban J connectivity index is 2.19. The number of aryl methyl sites for hydroxylation is 1. The van der Waals surface area contributed by atoms with Gasteiger partial charge in [-0.3, -0.25) is 15.3 Å². The molecule has 1 unspecified atom stereocenters. The highest BCUT2D eigenvalue weighted by Gasteiger charge is 2.14. The van der Waals surface area contributed by atoms with Gasteiger partial charge in [0.1, 0.15) is 5.69 Å². The van der Waals surface area contributed by atoms with Crippen LogP contribution in [0.1, 0.15) is 55.7 Å². The van der Waals surface area contributed by atoms with Gasteiger partial charge in [0, 0.05) is 22.5 Å². The van der Waals surface area contributed by atoms with E-state index in [0.29, 0.717) is 16.9 Å². The van der Waals surface area contributed by atoms with Crippen LogP contribution in [0.15, 0.2) is 17.5 Å². The van der Waals surface area contributed by atoms with Crippen molar-refractivity contribution in [3.05, 3.63) is 28.9 Å². The van der Waals surface area contributed by atoms with Crippen LogP contribution in [0.4, 0.5) is 5.13 Å². The standard InChI is InChI=1S/C18H28N6OS/c1-4-5-6-7-12(2)20-10-16(25)17-14-11-26-18(22-19)21-13(3)8-9-15(14)23-24-17/h8-9,11-12,20,23H,4-7,10,19H2,1-3H3,(H,21,22). The Labute approximate surface area is 158 Å². The molecule has 2 heterocycles. The van der Waals surface area contributed by atoms with Gasteiger partial charge in [0.05, 0.1) is 12.1 Å². The second-order valence-corrected chi connectivity index (χ2v) is 7.23. The molecule has 7 nitrogen and oxygen atoms in total. The number of hydrogen-bond acceptors (Lipinski definition) is 7. The van der Waals surface area contributed by atoms with Gasteiger partial charge in [-0.15, -0.1) is 11.3 Å². The highest BCUT2D eigenvalue weighted by Crippen LogP contribution is 2.18. The first kappa shape index (κ1) is 20.3. The van der Waals surface area contributed by atoms with Crippen LogP contribution in [0.25, 0.3) is 10.9 Å². The molecule has 0 bridgehead atoms. The SMILES string of the molecule is CCCCCC(C)NCC(=O)c1n[nH]c2ccc(C)nc(NN)scc12. The molecule has 0 spiro atoms. The maximum absolute atomic E-state index is 12.6. The summed E-state index contributed by atoms with van der Waals surface area (Å²) in [5.41, 5.74) is 4.58. The molecule has 142 valence electrons. The summed E-state index contributed by atoms with van der Waals surface area (Å²) in [4.78, 5) is 17.0. The molecule has 0 fully saturated rings. The molecule has 2 aromatic heterocycles. The van der Waals surface area contributed by atoms with Crippen molar-refractivity contribution in [1.82, 2.24) is 20.5 Å². The molecule has 0 radical (unpaired) electrons. The highest BCUT2D eigenvalue weighted by atomic mass is 32.1. The molecule has 2 aromatic rings. The first-order valence-corrected chi connectivity index (χ1v) is 9.84. The minimum atomic E-state index is -0.0331. The molecule has 5 N–H and O–H groups in total. The average Bonchev–Trinajstić information content (AvgIpc) is 3.06. The maximum Gasteiger partial charge on any atom is 0.197 e. The number of anilines is 1. The van der Waals surface area contributed by atoms with Crippen LogP contribution in [-0.4, -0.2) is 33.6 Å². The summed E-state index contributed by atoms with van der Waals surface area (Å²) in [5, 5.41) is 13.6. The van der Waals surface area contributed by atoms with Gasteiger partial charge in [0.15, 0.2) is 10.9 Å². The number of hydrazine groups is 1. The Morgan fingerprint density at radius 1 is 1.38 bits per heavy atom. The number of carbonyl (C=O) groups is 1. The van der Waals surface area contributed by atoms with Gasteiger partial charge in [-0.2, -0.15) is 5.10 Å². The number of aromatic amines is 1. The summed E-state index contributed by atoms with van der Waals surface area (Å²) in [7, 11) is 0. The molecular weight excluding hydrogens is 348 g/mol. The van der Waals surface area contributed by atoms with Gasteiger partial charge < -0.3 is 5.32 Å². The van der Waals surface area contributed by atoms with Crippen molar-refractivity contribution in [2.24, 2.45) is 5.84 Å². The van der Waals surface area contributed by atoms with Crippen LogP contribution in [0.5, 0.6) is 0 Å². The van der Waals surface area contributed by atoms with Gasteiger partial charge in [-0.1, -0.05) is 26.2 Å². The fourth-order valence-electron chi connectivity index (χ4n) is 2.59. The molecule has 1 atom stereocenters. The number of nitrogens with zero attached hydrogens (tertiary/aromatic N) is 2. The molecule has 8 heteroatoms. The Kier molecular flexibility index (Phi) is 7.96. The number of Topliss-reactive ketones (excluding diaryl/α,β-unsaturated/α-hetero) is 1. The van der Waals surface area contributed by atoms with Crippen molar-refractivity contribution in [3.63, 3.8) is 0 Å². The molecule has 0 aliphatic carbocycles. The second-order valence-electron chi connectivity index (χ2n) is 6.37. The van der Waals surface area contributed by atoms with Crippen LogP contribution in [-0.2, 0) is 0 Å². The Hall–Kier alpha value is -2.03. The number of fused-ring (bicyclic) bond motifs is 1. The van der Waals surface area contributed by atoms with Crippen LogP contribution in [0.3, 0.4) is 0 Å². The summed E-state index contributed by atoms with van der Waals surface area (Å²) in [6.45, 7) is 6.45. The Bertz CT molecular complexity index is 783. The second kappa shape index (κ2) is 10.2. The normalized spacial score (nSPS) is 12.0. The smallest absolute Gasteiger partial charge is 0.197 e. The first-order valence-electron chi connectivity index (χ1n) is 8.96. The molecule has 0 amide bonds. The molecule has 0 aromatic carbocycles. The van der Waals surface area contributed by atoms with Gasteiger partial charge in [-0.25, -0.2) is 10.8 Å². The van der Waals surface area contributed by atoms with Crippen LogP contribution >= 0.6 is 11.3 Å². The zero-order valence-corrected chi connectivity index (χ0v) is 16.4. The topological polar surface area (TPSA) is 109 Å². The first-order chi connectivity index (χ1) is 12.5. The fourth-order valence-corrected chi connectivity index (χ4v) is 3.32. The Morgan fingerprint density at radius 3 is 2.92 bits per heavy atom. The lowest BCUT2D eigenvalue weighted by Gasteiger charge is -2.12. The van der Waals surface area contributed by atoms with E-state index in [-0.39, 0.29) is 12.3 Å². The molecule has 0 aliphatic heterocycles. The summed E-state index contributed by atoms with van der Waals surface area (Å²) < 4.78 is 0. The van der Waals surface area contributed by atoms with Crippen molar-refractivity contribution in [3.8, 4) is 0 Å². The van der Waals surface area contributed by atoms with E-state index in [9.17, 15) is 4.79 Å². The third-order valence-corrected chi connectivity index (χ3v) is 4.92. The van der Waals surface area contributed by atoms with Gasteiger partial charge in [-0.05, 0) is 32.4 Å². The highest BCUT2D eigenvalue weighted by molar-refractivity contribution is 7.13.